The lowest BCUT2D eigenvalue weighted by atomic mass is 9.80. The molecule has 8 heteroatoms. The molecule has 1 aliphatic carbocycles. The van der Waals surface area contributed by atoms with Crippen LogP contribution in [0.1, 0.15) is 68.3 Å². The predicted octanol–water partition coefficient (Wildman–Crippen LogP) is 2.65. The summed E-state index contributed by atoms with van der Waals surface area (Å²) < 4.78 is 5.90. The lowest BCUT2D eigenvalue weighted by molar-refractivity contribution is -0.138. The molecule has 1 aromatic carbocycles. The molecule has 0 spiro atoms. The monoisotopic (exact) mass is 510 g/mol. The fourth-order valence-corrected chi connectivity index (χ4v) is 7.12. The predicted molar refractivity (Wildman–Crippen MR) is 143 cm³/mol. The van der Waals surface area contributed by atoms with Crippen molar-refractivity contribution in [2.24, 2.45) is 23.5 Å². The Morgan fingerprint density at radius 3 is 2.43 bits per heavy atom. The van der Waals surface area contributed by atoms with Gasteiger partial charge in [0.05, 0.1) is 12.0 Å². The van der Waals surface area contributed by atoms with Gasteiger partial charge in [-0.2, -0.15) is 0 Å². The lowest BCUT2D eigenvalue weighted by Crippen LogP contribution is -2.46. The van der Waals surface area contributed by atoms with Crippen LogP contribution in [-0.4, -0.2) is 85.4 Å². The van der Waals surface area contributed by atoms with Crippen LogP contribution in [0.25, 0.3) is 0 Å². The van der Waals surface area contributed by atoms with Crippen molar-refractivity contribution in [3.8, 4) is 0 Å². The average Bonchev–Trinajstić information content (AvgIpc) is 3.63. The quantitative estimate of drug-likeness (QED) is 0.606. The number of anilines is 1. The molecule has 4 fully saturated rings. The Morgan fingerprint density at radius 2 is 1.81 bits per heavy atom. The van der Waals surface area contributed by atoms with E-state index in [1.807, 2.05) is 18.2 Å². The van der Waals surface area contributed by atoms with E-state index < -0.39 is 17.9 Å². The number of rotatable bonds is 7. The number of amides is 2. The second-order valence-corrected chi connectivity index (χ2v) is 11.7. The molecule has 2 N–H and O–H groups in total. The summed E-state index contributed by atoms with van der Waals surface area (Å²) in [6, 6.07) is 5.30. The van der Waals surface area contributed by atoms with Gasteiger partial charge in [-0.3, -0.25) is 14.4 Å². The molecule has 202 valence electrons. The topological polar surface area (TPSA) is 96.2 Å². The first-order chi connectivity index (χ1) is 17.8. The molecule has 3 saturated heterocycles. The van der Waals surface area contributed by atoms with Gasteiger partial charge < -0.3 is 25.2 Å². The van der Waals surface area contributed by atoms with Crippen LogP contribution in [0.2, 0.25) is 0 Å². The highest BCUT2D eigenvalue weighted by molar-refractivity contribution is 5.99. The minimum atomic E-state index is -0.522. The number of carbonyl (C=O) groups excluding carboxylic acids is 3. The number of benzene rings is 1. The SMILES string of the molecule is CCN1CCN(c2ccc(C(N)=O)c([C@@H](C(=O)N3C[C@@H](C(C)C)[C@H]4OCC(=O)[C@H]43)C3CCCC3)c2)CC1. The third kappa shape index (κ3) is 4.90. The largest absolute Gasteiger partial charge is 0.369 e. The summed E-state index contributed by atoms with van der Waals surface area (Å²) in [7, 11) is 0. The van der Waals surface area contributed by atoms with Crippen LogP contribution >= 0.6 is 0 Å². The van der Waals surface area contributed by atoms with Gasteiger partial charge >= 0.3 is 0 Å². The first kappa shape index (κ1) is 26.2. The number of ketones is 1. The molecule has 8 nitrogen and oxygen atoms in total. The van der Waals surface area contributed by atoms with Crippen molar-refractivity contribution in [3.05, 3.63) is 29.3 Å². The number of carbonyl (C=O) groups is 3. The summed E-state index contributed by atoms with van der Waals surface area (Å²) in [6.07, 6.45) is 3.78. The molecular weight excluding hydrogens is 468 g/mol. The average molecular weight is 511 g/mol. The number of piperazine rings is 1. The standard InChI is InChI=1S/C29H42N4O4/c1-4-31-11-13-32(14-12-31)20-9-10-21(28(30)35)22(15-20)25(19-7-5-6-8-19)29(36)33-16-23(18(2)3)27-26(33)24(34)17-37-27/h9-10,15,18-19,23,25-27H,4-8,11-14,16-17H2,1-3H3,(H2,30,35)/t23-,25-,26+,27+/m0/s1. The second-order valence-electron chi connectivity index (χ2n) is 11.7. The van der Waals surface area contributed by atoms with Crippen molar-refractivity contribution < 1.29 is 19.1 Å². The summed E-state index contributed by atoms with van der Waals surface area (Å²) in [5.74, 6) is -0.487. The Balaban J connectivity index is 1.52. The van der Waals surface area contributed by atoms with Gasteiger partial charge in [-0.05, 0) is 55.0 Å². The van der Waals surface area contributed by atoms with E-state index in [1.165, 1.54) is 0 Å². The number of hydrogen-bond donors (Lipinski definition) is 1. The zero-order chi connectivity index (χ0) is 26.3. The maximum absolute atomic E-state index is 14.5. The molecule has 1 aromatic rings. The van der Waals surface area contributed by atoms with Gasteiger partial charge in [0, 0.05) is 49.9 Å². The van der Waals surface area contributed by atoms with E-state index in [0.717, 1.165) is 69.7 Å². The number of likely N-dealkylation sites (tertiary alicyclic amines) is 1. The molecule has 0 bridgehead atoms. The van der Waals surface area contributed by atoms with E-state index in [9.17, 15) is 14.4 Å². The number of likely N-dealkylation sites (N-methyl/N-ethyl adjacent to an activating group) is 1. The molecule has 0 unspecified atom stereocenters. The summed E-state index contributed by atoms with van der Waals surface area (Å²) in [5.41, 5.74) is 8.07. The Hall–Kier alpha value is -2.45. The molecule has 37 heavy (non-hydrogen) atoms. The van der Waals surface area contributed by atoms with E-state index in [-0.39, 0.29) is 36.2 Å². The zero-order valence-corrected chi connectivity index (χ0v) is 22.5. The van der Waals surface area contributed by atoms with Gasteiger partial charge in [0.1, 0.15) is 12.6 Å². The van der Waals surface area contributed by atoms with Crippen LogP contribution in [0.3, 0.4) is 0 Å². The van der Waals surface area contributed by atoms with Crippen LogP contribution in [0.5, 0.6) is 0 Å². The van der Waals surface area contributed by atoms with E-state index in [1.54, 1.807) is 4.90 Å². The van der Waals surface area contributed by atoms with E-state index >= 15 is 0 Å². The third-order valence-electron chi connectivity index (χ3n) is 9.32. The molecule has 0 radical (unpaired) electrons. The van der Waals surface area contributed by atoms with Gasteiger partial charge in [0.15, 0.2) is 5.78 Å². The minimum Gasteiger partial charge on any atom is -0.369 e. The molecule has 1 saturated carbocycles. The number of fused-ring (bicyclic) bond motifs is 1. The van der Waals surface area contributed by atoms with Crippen molar-refractivity contribution in [2.45, 2.75) is 64.5 Å². The smallest absolute Gasteiger partial charge is 0.249 e. The number of ether oxygens (including phenoxy) is 1. The van der Waals surface area contributed by atoms with E-state index in [2.05, 4.69) is 30.6 Å². The third-order valence-corrected chi connectivity index (χ3v) is 9.32. The van der Waals surface area contributed by atoms with Gasteiger partial charge in [-0.25, -0.2) is 0 Å². The van der Waals surface area contributed by atoms with Crippen LogP contribution in [0, 0.1) is 17.8 Å². The van der Waals surface area contributed by atoms with Crippen LogP contribution in [0.4, 0.5) is 5.69 Å². The van der Waals surface area contributed by atoms with Crippen LogP contribution in [-0.2, 0) is 14.3 Å². The first-order valence-electron chi connectivity index (χ1n) is 14.2. The molecular formula is C29H42N4O4. The summed E-state index contributed by atoms with van der Waals surface area (Å²) in [5, 5.41) is 0. The maximum Gasteiger partial charge on any atom is 0.249 e. The van der Waals surface area contributed by atoms with Crippen molar-refractivity contribution >= 4 is 23.3 Å². The van der Waals surface area contributed by atoms with Crippen LogP contribution < -0.4 is 10.6 Å². The van der Waals surface area contributed by atoms with Gasteiger partial charge in [-0.1, -0.05) is 33.6 Å². The Bertz CT molecular complexity index is 1030. The molecule has 3 aliphatic heterocycles. The molecule has 4 aliphatic rings. The number of nitrogens with zero attached hydrogens (tertiary/aromatic N) is 3. The number of nitrogens with two attached hydrogens (primary N) is 1. The van der Waals surface area contributed by atoms with Crippen molar-refractivity contribution in [1.29, 1.82) is 0 Å². The van der Waals surface area contributed by atoms with E-state index in [4.69, 9.17) is 10.5 Å². The highest BCUT2D eigenvalue weighted by atomic mass is 16.5. The Kier molecular flexibility index (Phi) is 7.59. The summed E-state index contributed by atoms with van der Waals surface area (Å²) in [4.78, 5) is 46.6. The fourth-order valence-electron chi connectivity index (χ4n) is 7.12. The Labute approximate surface area is 220 Å². The van der Waals surface area contributed by atoms with Gasteiger partial charge in [0.2, 0.25) is 11.8 Å². The maximum atomic E-state index is 14.5. The van der Waals surface area contributed by atoms with Gasteiger partial charge in [0.25, 0.3) is 0 Å². The molecule has 2 amide bonds. The normalized spacial score (nSPS) is 27.8. The van der Waals surface area contributed by atoms with Crippen molar-refractivity contribution in [3.63, 3.8) is 0 Å². The molecule has 4 atom stereocenters. The molecule has 5 rings (SSSR count). The van der Waals surface area contributed by atoms with Gasteiger partial charge in [-0.15, -0.1) is 0 Å². The fraction of sp³-hybridized carbons (Fsp3) is 0.690. The zero-order valence-electron chi connectivity index (χ0n) is 22.5. The summed E-state index contributed by atoms with van der Waals surface area (Å²) in [6.45, 7) is 11.9. The first-order valence-corrected chi connectivity index (χ1v) is 14.2. The number of primary amides is 1. The second kappa shape index (κ2) is 10.7. The number of hydrogen-bond acceptors (Lipinski definition) is 6. The van der Waals surface area contributed by atoms with Crippen molar-refractivity contribution in [2.75, 3.05) is 50.8 Å². The van der Waals surface area contributed by atoms with E-state index in [0.29, 0.717) is 18.0 Å². The minimum absolute atomic E-state index is 0.00987. The number of Topliss-reactive ketones (excluding diaryl/α,β-unsaturated/α-hetero) is 1. The molecule has 3 heterocycles. The molecule has 0 aromatic heterocycles. The lowest BCUT2D eigenvalue weighted by Gasteiger charge is -2.36. The van der Waals surface area contributed by atoms with Crippen molar-refractivity contribution in [1.82, 2.24) is 9.80 Å². The van der Waals surface area contributed by atoms with Crippen LogP contribution in [0.15, 0.2) is 18.2 Å². The summed E-state index contributed by atoms with van der Waals surface area (Å²) >= 11 is 0. The highest BCUT2D eigenvalue weighted by Crippen LogP contribution is 2.44. The Morgan fingerprint density at radius 1 is 1.11 bits per heavy atom. The highest BCUT2D eigenvalue weighted by Gasteiger charge is 2.54.